The van der Waals surface area contributed by atoms with Gasteiger partial charge in [-0.05, 0) is 62.2 Å². The molecular weight excluding hydrogens is 262 g/mol. The number of piperidine rings is 1. The highest BCUT2D eigenvalue weighted by molar-refractivity contribution is 5.94. The van der Waals surface area contributed by atoms with E-state index in [1.54, 1.807) is 0 Å². The molecule has 1 amide bonds. The molecule has 0 radical (unpaired) electrons. The summed E-state index contributed by atoms with van der Waals surface area (Å²) in [7, 11) is 0. The average Bonchev–Trinajstić information content (AvgIpc) is 3.00. The van der Waals surface area contributed by atoms with Gasteiger partial charge in [0.2, 0.25) is 0 Å². The van der Waals surface area contributed by atoms with Gasteiger partial charge in [-0.3, -0.25) is 4.79 Å². The number of rotatable bonds is 5. The molecule has 1 fully saturated rings. The van der Waals surface area contributed by atoms with Gasteiger partial charge in [-0.15, -0.1) is 0 Å². The van der Waals surface area contributed by atoms with Gasteiger partial charge in [-0.2, -0.15) is 0 Å². The van der Waals surface area contributed by atoms with Gasteiger partial charge >= 0.3 is 0 Å². The van der Waals surface area contributed by atoms with Crippen molar-refractivity contribution in [1.82, 2.24) is 15.5 Å². The Hall–Kier alpha value is -1.39. The Kier molecular flexibility index (Phi) is 4.88. The van der Waals surface area contributed by atoms with Crippen LogP contribution < -0.4 is 10.6 Å². The number of nitrogens with zero attached hydrogens (tertiary/aromatic N) is 1. The van der Waals surface area contributed by atoms with E-state index < -0.39 is 0 Å². The average molecular weight is 287 g/mol. The molecule has 0 unspecified atom stereocenters. The number of hydrogen-bond donors (Lipinski definition) is 2. The molecule has 0 spiro atoms. The standard InChI is InChI=1S/C17H25N3O/c21-17(14-5-6-15-12-18-13-16(15)11-14)19-7-4-10-20-8-2-1-3-9-20/h5-6,11,18H,1-4,7-10,12-13H2,(H,19,21). The maximum atomic E-state index is 12.2. The molecule has 0 saturated carbocycles. The largest absolute Gasteiger partial charge is 0.352 e. The zero-order valence-corrected chi connectivity index (χ0v) is 12.7. The zero-order chi connectivity index (χ0) is 14.5. The van der Waals surface area contributed by atoms with Gasteiger partial charge in [0.15, 0.2) is 0 Å². The van der Waals surface area contributed by atoms with E-state index >= 15 is 0 Å². The molecule has 0 aliphatic carbocycles. The monoisotopic (exact) mass is 287 g/mol. The smallest absolute Gasteiger partial charge is 0.251 e. The number of carbonyl (C=O) groups is 1. The first-order valence-electron chi connectivity index (χ1n) is 8.16. The van der Waals surface area contributed by atoms with E-state index in [1.165, 1.54) is 43.5 Å². The van der Waals surface area contributed by atoms with E-state index in [0.717, 1.165) is 38.2 Å². The molecule has 0 atom stereocenters. The molecule has 2 N–H and O–H groups in total. The van der Waals surface area contributed by atoms with Crippen LogP contribution in [-0.4, -0.2) is 37.0 Å². The minimum atomic E-state index is 0.0587. The Balaban J connectivity index is 1.41. The summed E-state index contributed by atoms with van der Waals surface area (Å²) in [5, 5.41) is 6.35. The molecule has 21 heavy (non-hydrogen) atoms. The van der Waals surface area contributed by atoms with Crippen LogP contribution in [0.4, 0.5) is 0 Å². The summed E-state index contributed by atoms with van der Waals surface area (Å²) in [4.78, 5) is 14.7. The Morgan fingerprint density at radius 3 is 2.81 bits per heavy atom. The van der Waals surface area contributed by atoms with Crippen molar-refractivity contribution < 1.29 is 4.79 Å². The molecule has 4 heteroatoms. The summed E-state index contributed by atoms with van der Waals surface area (Å²) in [5.74, 6) is 0.0587. The molecule has 1 aromatic rings. The first-order valence-corrected chi connectivity index (χ1v) is 8.16. The Bertz CT molecular complexity index is 495. The van der Waals surface area contributed by atoms with Gasteiger partial charge in [0.25, 0.3) is 5.91 Å². The van der Waals surface area contributed by atoms with Crippen LogP contribution in [0, 0.1) is 0 Å². The van der Waals surface area contributed by atoms with Gasteiger partial charge in [0.05, 0.1) is 0 Å². The molecule has 2 aliphatic heterocycles. The lowest BCUT2D eigenvalue weighted by molar-refractivity contribution is 0.0951. The number of nitrogens with one attached hydrogen (secondary N) is 2. The number of amides is 1. The van der Waals surface area contributed by atoms with Crippen LogP contribution in [0.1, 0.15) is 47.2 Å². The predicted molar refractivity (Wildman–Crippen MR) is 84.2 cm³/mol. The fraction of sp³-hybridized carbons (Fsp3) is 0.588. The molecule has 0 bridgehead atoms. The highest BCUT2D eigenvalue weighted by Crippen LogP contribution is 2.17. The van der Waals surface area contributed by atoms with E-state index in [9.17, 15) is 4.79 Å². The molecule has 2 aliphatic rings. The zero-order valence-electron chi connectivity index (χ0n) is 12.7. The fourth-order valence-corrected chi connectivity index (χ4v) is 3.23. The molecule has 0 aromatic heterocycles. The summed E-state index contributed by atoms with van der Waals surface area (Å²) < 4.78 is 0. The van der Waals surface area contributed by atoms with Crippen LogP contribution >= 0.6 is 0 Å². The molecule has 114 valence electrons. The van der Waals surface area contributed by atoms with E-state index in [4.69, 9.17) is 0 Å². The van der Waals surface area contributed by atoms with Gasteiger partial charge < -0.3 is 15.5 Å². The second-order valence-corrected chi connectivity index (χ2v) is 6.10. The Morgan fingerprint density at radius 1 is 1.14 bits per heavy atom. The normalized spacial score (nSPS) is 18.5. The number of likely N-dealkylation sites (tertiary alicyclic amines) is 1. The summed E-state index contributed by atoms with van der Waals surface area (Å²) >= 11 is 0. The second-order valence-electron chi connectivity index (χ2n) is 6.10. The molecule has 1 saturated heterocycles. The van der Waals surface area contributed by atoms with Crippen molar-refractivity contribution in [1.29, 1.82) is 0 Å². The molecular formula is C17H25N3O. The Labute approximate surface area is 126 Å². The van der Waals surface area contributed by atoms with Crippen LogP contribution in [0.3, 0.4) is 0 Å². The minimum Gasteiger partial charge on any atom is -0.352 e. The van der Waals surface area contributed by atoms with E-state index in [-0.39, 0.29) is 5.91 Å². The van der Waals surface area contributed by atoms with Crippen LogP contribution in [0.15, 0.2) is 18.2 Å². The van der Waals surface area contributed by atoms with Crippen molar-refractivity contribution in [3.8, 4) is 0 Å². The molecule has 3 rings (SSSR count). The van der Waals surface area contributed by atoms with Gasteiger partial charge in [0, 0.05) is 25.2 Å². The van der Waals surface area contributed by atoms with Crippen molar-refractivity contribution in [2.45, 2.75) is 38.8 Å². The minimum absolute atomic E-state index is 0.0587. The summed E-state index contributed by atoms with van der Waals surface area (Å²) in [6.07, 6.45) is 5.07. The van der Waals surface area contributed by atoms with E-state index in [0.29, 0.717) is 0 Å². The summed E-state index contributed by atoms with van der Waals surface area (Å²) in [6, 6.07) is 6.03. The summed E-state index contributed by atoms with van der Waals surface area (Å²) in [6.45, 7) is 6.13. The van der Waals surface area contributed by atoms with E-state index in [2.05, 4.69) is 21.6 Å². The quantitative estimate of drug-likeness (QED) is 0.813. The number of carbonyl (C=O) groups excluding carboxylic acids is 1. The third-order valence-electron chi connectivity index (χ3n) is 4.48. The first kappa shape index (κ1) is 14.5. The number of hydrogen-bond acceptors (Lipinski definition) is 3. The van der Waals surface area contributed by atoms with Crippen LogP contribution in [0.5, 0.6) is 0 Å². The van der Waals surface area contributed by atoms with Gasteiger partial charge in [-0.25, -0.2) is 0 Å². The molecule has 4 nitrogen and oxygen atoms in total. The molecule has 2 heterocycles. The van der Waals surface area contributed by atoms with Gasteiger partial charge in [0.1, 0.15) is 0 Å². The highest BCUT2D eigenvalue weighted by atomic mass is 16.1. The predicted octanol–water partition coefficient (Wildman–Crippen LogP) is 1.90. The Morgan fingerprint density at radius 2 is 1.95 bits per heavy atom. The van der Waals surface area contributed by atoms with Crippen molar-refractivity contribution in [3.63, 3.8) is 0 Å². The van der Waals surface area contributed by atoms with Crippen molar-refractivity contribution >= 4 is 5.91 Å². The fourth-order valence-electron chi connectivity index (χ4n) is 3.23. The van der Waals surface area contributed by atoms with Crippen LogP contribution in [-0.2, 0) is 13.1 Å². The second kappa shape index (κ2) is 7.05. The van der Waals surface area contributed by atoms with Crippen LogP contribution in [0.25, 0.3) is 0 Å². The topological polar surface area (TPSA) is 44.4 Å². The molecule has 1 aromatic carbocycles. The third-order valence-corrected chi connectivity index (χ3v) is 4.48. The third kappa shape index (κ3) is 3.83. The highest BCUT2D eigenvalue weighted by Gasteiger charge is 2.13. The maximum Gasteiger partial charge on any atom is 0.251 e. The lowest BCUT2D eigenvalue weighted by atomic mass is 10.1. The van der Waals surface area contributed by atoms with Gasteiger partial charge in [-0.1, -0.05) is 12.5 Å². The summed E-state index contributed by atoms with van der Waals surface area (Å²) in [5.41, 5.74) is 3.36. The lowest BCUT2D eigenvalue weighted by Crippen LogP contribution is -2.33. The van der Waals surface area contributed by atoms with E-state index in [1.807, 2.05) is 12.1 Å². The lowest BCUT2D eigenvalue weighted by Gasteiger charge is -2.26. The maximum absolute atomic E-state index is 12.2. The number of fused-ring (bicyclic) bond motifs is 1. The van der Waals surface area contributed by atoms with Crippen molar-refractivity contribution in [2.75, 3.05) is 26.2 Å². The SMILES string of the molecule is O=C(NCCCN1CCCCC1)c1ccc2c(c1)CNC2. The number of benzene rings is 1. The van der Waals surface area contributed by atoms with Crippen molar-refractivity contribution in [2.24, 2.45) is 0 Å². The first-order chi connectivity index (χ1) is 10.3. The van der Waals surface area contributed by atoms with Crippen molar-refractivity contribution in [3.05, 3.63) is 34.9 Å². The van der Waals surface area contributed by atoms with Crippen LogP contribution in [0.2, 0.25) is 0 Å².